The van der Waals surface area contributed by atoms with Crippen molar-refractivity contribution in [3.05, 3.63) is 17.0 Å². The van der Waals surface area contributed by atoms with Crippen molar-refractivity contribution >= 4 is 11.6 Å². The molecule has 0 amide bonds. The van der Waals surface area contributed by atoms with Gasteiger partial charge in [0.15, 0.2) is 11.6 Å². The number of hydrogen-bond donors (Lipinski definition) is 1. The molecule has 0 aromatic carbocycles. The van der Waals surface area contributed by atoms with Crippen molar-refractivity contribution < 1.29 is 9.59 Å². The first-order valence-corrected chi connectivity index (χ1v) is 4.31. The summed E-state index contributed by atoms with van der Waals surface area (Å²) < 4.78 is 0. The van der Waals surface area contributed by atoms with E-state index in [1.165, 1.54) is 6.92 Å². The van der Waals surface area contributed by atoms with Crippen molar-refractivity contribution in [3.8, 4) is 0 Å². The normalized spacial score (nSPS) is 15.6. The Morgan fingerprint density at radius 2 is 2.23 bits per heavy atom. The first kappa shape index (κ1) is 8.16. The van der Waals surface area contributed by atoms with Crippen LogP contribution in [0.3, 0.4) is 0 Å². The second-order valence-electron chi connectivity index (χ2n) is 3.26. The molecule has 4 nitrogen and oxygen atoms in total. The van der Waals surface area contributed by atoms with Gasteiger partial charge in [-0.1, -0.05) is 0 Å². The molecule has 1 N–H and O–H groups in total. The van der Waals surface area contributed by atoms with Gasteiger partial charge in [0.1, 0.15) is 5.69 Å². The van der Waals surface area contributed by atoms with Crippen molar-refractivity contribution in [1.29, 1.82) is 0 Å². The van der Waals surface area contributed by atoms with Crippen molar-refractivity contribution in [2.75, 3.05) is 0 Å². The summed E-state index contributed by atoms with van der Waals surface area (Å²) >= 11 is 0. The Bertz CT molecular complexity index is 379. The van der Waals surface area contributed by atoms with Gasteiger partial charge in [-0.15, -0.1) is 0 Å². The highest BCUT2D eigenvalue weighted by molar-refractivity contribution is 6.08. The maximum absolute atomic E-state index is 11.5. The molecular weight excluding hydrogens is 168 g/mol. The number of carbonyl (C=O) groups is 2. The minimum Gasteiger partial charge on any atom is -0.294 e. The minimum absolute atomic E-state index is 0.0419. The zero-order valence-electron chi connectivity index (χ0n) is 7.39. The van der Waals surface area contributed by atoms with Crippen molar-refractivity contribution in [3.63, 3.8) is 0 Å². The molecule has 0 unspecified atom stereocenters. The third-order valence-corrected chi connectivity index (χ3v) is 2.28. The monoisotopic (exact) mass is 178 g/mol. The van der Waals surface area contributed by atoms with Crippen LogP contribution < -0.4 is 0 Å². The lowest BCUT2D eigenvalue weighted by molar-refractivity contribution is 0.0952. The van der Waals surface area contributed by atoms with Crippen LogP contribution >= 0.6 is 0 Å². The number of aromatic amines is 1. The number of aromatic nitrogens is 2. The summed E-state index contributed by atoms with van der Waals surface area (Å²) in [4.78, 5) is 22.5. The van der Waals surface area contributed by atoms with Crippen LogP contribution in [-0.2, 0) is 6.42 Å². The highest BCUT2D eigenvalue weighted by Crippen LogP contribution is 2.22. The summed E-state index contributed by atoms with van der Waals surface area (Å²) in [5.74, 6) is -0.104. The number of nitrogens with one attached hydrogen (secondary N) is 1. The molecule has 0 fully saturated rings. The molecule has 1 aliphatic carbocycles. The summed E-state index contributed by atoms with van der Waals surface area (Å²) in [6, 6.07) is 0. The number of ketones is 2. The highest BCUT2D eigenvalue weighted by Gasteiger charge is 2.25. The standard InChI is InChI=1S/C9H10N2O2/c1-5(12)9-8-6(10-11-9)3-2-4-7(8)13/h2-4H2,1H3,(H,10,11). The number of rotatable bonds is 1. The van der Waals surface area contributed by atoms with Gasteiger partial charge >= 0.3 is 0 Å². The maximum atomic E-state index is 11.5. The first-order valence-electron chi connectivity index (χ1n) is 4.31. The Balaban J connectivity index is 2.56. The number of Topliss-reactive ketones (excluding diaryl/α,β-unsaturated/α-hetero) is 2. The van der Waals surface area contributed by atoms with Gasteiger partial charge in [-0.3, -0.25) is 14.7 Å². The van der Waals surface area contributed by atoms with E-state index in [1.54, 1.807) is 0 Å². The maximum Gasteiger partial charge on any atom is 0.180 e. The van der Waals surface area contributed by atoms with E-state index in [2.05, 4.69) is 10.2 Å². The molecule has 2 rings (SSSR count). The third-order valence-electron chi connectivity index (χ3n) is 2.28. The zero-order chi connectivity index (χ0) is 9.42. The van der Waals surface area contributed by atoms with Gasteiger partial charge in [-0.25, -0.2) is 0 Å². The number of fused-ring (bicyclic) bond motifs is 1. The second-order valence-corrected chi connectivity index (χ2v) is 3.26. The van der Waals surface area contributed by atoms with Gasteiger partial charge in [0.25, 0.3) is 0 Å². The Labute approximate surface area is 75.3 Å². The summed E-state index contributed by atoms with van der Waals surface area (Å²) in [5, 5.41) is 6.60. The smallest absolute Gasteiger partial charge is 0.180 e. The Morgan fingerprint density at radius 3 is 2.92 bits per heavy atom. The van der Waals surface area contributed by atoms with E-state index in [4.69, 9.17) is 0 Å². The predicted octanol–water partition coefficient (Wildman–Crippen LogP) is 1.13. The molecule has 0 saturated heterocycles. The summed E-state index contributed by atoms with van der Waals surface area (Å²) in [5.41, 5.74) is 1.65. The fraction of sp³-hybridized carbons (Fsp3) is 0.444. The second kappa shape index (κ2) is 2.80. The van der Waals surface area contributed by atoms with Gasteiger partial charge in [0.2, 0.25) is 0 Å². The Hall–Kier alpha value is -1.45. The van der Waals surface area contributed by atoms with Crippen molar-refractivity contribution in [2.45, 2.75) is 26.2 Å². The number of H-pyrrole nitrogens is 1. The van der Waals surface area contributed by atoms with Crippen LogP contribution in [0.25, 0.3) is 0 Å². The fourth-order valence-electron chi connectivity index (χ4n) is 1.66. The molecule has 1 aromatic heterocycles. The number of aryl methyl sites for hydroxylation is 1. The van der Waals surface area contributed by atoms with Crippen molar-refractivity contribution in [2.24, 2.45) is 0 Å². The van der Waals surface area contributed by atoms with Gasteiger partial charge < -0.3 is 0 Å². The van der Waals surface area contributed by atoms with Gasteiger partial charge in [-0.2, -0.15) is 5.10 Å². The van der Waals surface area contributed by atoms with Crippen LogP contribution in [0.4, 0.5) is 0 Å². The van der Waals surface area contributed by atoms with E-state index < -0.39 is 0 Å². The van der Waals surface area contributed by atoms with E-state index in [9.17, 15) is 9.59 Å². The third kappa shape index (κ3) is 1.18. The lowest BCUT2D eigenvalue weighted by Gasteiger charge is -2.08. The largest absolute Gasteiger partial charge is 0.294 e. The Morgan fingerprint density at radius 1 is 1.46 bits per heavy atom. The van der Waals surface area contributed by atoms with E-state index in [0.29, 0.717) is 17.7 Å². The van der Waals surface area contributed by atoms with E-state index in [1.807, 2.05) is 0 Å². The molecule has 0 saturated carbocycles. The molecule has 1 heterocycles. The predicted molar refractivity (Wildman–Crippen MR) is 45.9 cm³/mol. The molecule has 68 valence electrons. The fourth-order valence-corrected chi connectivity index (χ4v) is 1.66. The van der Waals surface area contributed by atoms with Crippen LogP contribution in [0.15, 0.2) is 0 Å². The van der Waals surface area contributed by atoms with E-state index >= 15 is 0 Å². The van der Waals surface area contributed by atoms with Crippen LogP contribution in [-0.4, -0.2) is 21.8 Å². The molecule has 0 bridgehead atoms. The van der Waals surface area contributed by atoms with E-state index in [0.717, 1.165) is 18.5 Å². The molecule has 0 radical (unpaired) electrons. The average Bonchev–Trinajstić information content (AvgIpc) is 2.49. The molecule has 4 heteroatoms. The van der Waals surface area contributed by atoms with Crippen LogP contribution in [0.2, 0.25) is 0 Å². The number of carbonyl (C=O) groups excluding carboxylic acids is 2. The van der Waals surface area contributed by atoms with Gasteiger partial charge in [-0.05, 0) is 12.8 Å². The summed E-state index contributed by atoms with van der Waals surface area (Å²) in [6.45, 7) is 1.43. The first-order chi connectivity index (χ1) is 6.20. The summed E-state index contributed by atoms with van der Waals surface area (Å²) in [7, 11) is 0. The molecule has 1 aliphatic rings. The average molecular weight is 178 g/mol. The molecule has 1 aromatic rings. The quantitative estimate of drug-likeness (QED) is 0.655. The molecule has 0 spiro atoms. The lowest BCUT2D eigenvalue weighted by Crippen LogP contribution is -2.12. The minimum atomic E-state index is -0.146. The lowest BCUT2D eigenvalue weighted by atomic mass is 9.94. The molecule has 0 atom stereocenters. The summed E-state index contributed by atoms with van der Waals surface area (Å²) in [6.07, 6.45) is 2.21. The van der Waals surface area contributed by atoms with E-state index in [-0.39, 0.29) is 11.6 Å². The van der Waals surface area contributed by atoms with Crippen LogP contribution in [0.1, 0.15) is 46.3 Å². The van der Waals surface area contributed by atoms with Gasteiger partial charge in [0.05, 0.1) is 5.56 Å². The molecule has 13 heavy (non-hydrogen) atoms. The highest BCUT2D eigenvalue weighted by atomic mass is 16.1. The number of nitrogens with zero attached hydrogens (tertiary/aromatic N) is 1. The Kier molecular flexibility index (Phi) is 1.76. The SMILES string of the molecule is CC(=O)c1n[nH]c2c1C(=O)CCC2. The van der Waals surface area contributed by atoms with Crippen LogP contribution in [0, 0.1) is 0 Å². The molecular formula is C9H10N2O2. The topological polar surface area (TPSA) is 62.8 Å². The van der Waals surface area contributed by atoms with Crippen molar-refractivity contribution in [1.82, 2.24) is 10.2 Å². The molecule has 0 aliphatic heterocycles. The van der Waals surface area contributed by atoms with Crippen LogP contribution in [0.5, 0.6) is 0 Å². The zero-order valence-corrected chi connectivity index (χ0v) is 7.39. The van der Waals surface area contributed by atoms with Gasteiger partial charge in [0, 0.05) is 19.0 Å². The number of hydrogen-bond acceptors (Lipinski definition) is 3.